The van der Waals surface area contributed by atoms with Gasteiger partial charge in [0.15, 0.2) is 23.3 Å². The predicted octanol–water partition coefficient (Wildman–Crippen LogP) is 1.52. The van der Waals surface area contributed by atoms with Crippen molar-refractivity contribution in [3.8, 4) is 5.75 Å². The first kappa shape index (κ1) is 21.9. The molecule has 2 N–H and O–H groups in total. The summed E-state index contributed by atoms with van der Waals surface area (Å²) in [5.41, 5.74) is 1.36. The number of ether oxygens (including phenoxy) is 1. The molecule has 0 spiro atoms. The molecule has 1 heterocycles. The lowest BCUT2D eigenvalue weighted by atomic mass is 9.94. The zero-order valence-corrected chi connectivity index (χ0v) is 16.5. The van der Waals surface area contributed by atoms with E-state index in [-0.39, 0.29) is 31.9 Å². The third-order valence-electron chi connectivity index (χ3n) is 4.79. The first-order valence-electron chi connectivity index (χ1n) is 9.61. The van der Waals surface area contributed by atoms with Gasteiger partial charge in [-0.05, 0) is 23.3 Å². The Hall–Kier alpha value is -3.75. The predicted molar refractivity (Wildman–Crippen MR) is 106 cm³/mol. The zero-order chi connectivity index (χ0) is 22.4. The molecule has 1 atom stereocenters. The van der Waals surface area contributed by atoms with E-state index in [4.69, 9.17) is 9.84 Å². The smallest absolute Gasteiger partial charge is 0.322 e. The minimum atomic E-state index is -1.59. The van der Waals surface area contributed by atoms with Crippen molar-refractivity contribution in [3.05, 3.63) is 65.5 Å². The van der Waals surface area contributed by atoms with Crippen LogP contribution in [-0.4, -0.2) is 46.7 Å². The van der Waals surface area contributed by atoms with Crippen LogP contribution in [0.3, 0.4) is 0 Å². The normalized spacial score (nSPS) is 16.2. The lowest BCUT2D eigenvalue weighted by Crippen LogP contribution is -2.52. The van der Waals surface area contributed by atoms with Gasteiger partial charge in [-0.1, -0.05) is 36.4 Å². The molecule has 1 saturated heterocycles. The number of carbonyl (C=O) groups is 4. The second-order valence-electron chi connectivity index (χ2n) is 7.06. The van der Waals surface area contributed by atoms with Crippen molar-refractivity contribution >= 4 is 23.6 Å². The largest absolute Gasteiger partial charge is 0.486 e. The van der Waals surface area contributed by atoms with E-state index >= 15 is 0 Å². The molecule has 0 bridgehead atoms. The first-order valence-corrected chi connectivity index (χ1v) is 9.61. The highest BCUT2D eigenvalue weighted by Gasteiger charge is 2.40. The van der Waals surface area contributed by atoms with Gasteiger partial charge in [0.05, 0.1) is 0 Å². The molecule has 31 heavy (non-hydrogen) atoms. The molecule has 2 aromatic carbocycles. The van der Waals surface area contributed by atoms with Gasteiger partial charge in [0.1, 0.15) is 13.2 Å². The van der Waals surface area contributed by atoms with Gasteiger partial charge < -0.3 is 20.1 Å². The molecular weight excluding hydrogens is 407 g/mol. The van der Waals surface area contributed by atoms with Gasteiger partial charge in [0, 0.05) is 19.5 Å². The average molecular weight is 428 g/mol. The standard InChI is InChI=1S/C22H21FN2O6/c23-16-10-15(6-7-18(16)31-13-14-4-2-1-3-5-14)12-25-9-8-17(26)20(22(25)30)21(29)24-11-19(27)28/h1-7,10,20H,8-9,11-13H2,(H,24,29)(H,27,28). The summed E-state index contributed by atoms with van der Waals surface area (Å²) in [6.45, 7) is -0.387. The maximum Gasteiger partial charge on any atom is 0.322 e. The Labute approximate surface area is 177 Å². The van der Waals surface area contributed by atoms with E-state index in [0.29, 0.717) is 5.56 Å². The Balaban J connectivity index is 1.63. The van der Waals surface area contributed by atoms with E-state index in [0.717, 1.165) is 5.56 Å². The number of carboxylic acid groups (broad SMARTS) is 1. The number of carbonyl (C=O) groups excluding carboxylic acids is 3. The Kier molecular flexibility index (Phi) is 6.96. The number of carboxylic acids is 1. The molecule has 1 fully saturated rings. The molecule has 9 heteroatoms. The summed E-state index contributed by atoms with van der Waals surface area (Å²) >= 11 is 0. The van der Waals surface area contributed by atoms with Gasteiger partial charge in [-0.3, -0.25) is 19.2 Å². The number of Topliss-reactive ketones (excluding diaryl/α,β-unsaturated/α-hetero) is 1. The Morgan fingerprint density at radius 3 is 2.55 bits per heavy atom. The van der Waals surface area contributed by atoms with Crippen molar-refractivity contribution in [1.29, 1.82) is 0 Å². The molecule has 2 aromatic rings. The topological polar surface area (TPSA) is 113 Å². The lowest BCUT2D eigenvalue weighted by Gasteiger charge is -2.30. The van der Waals surface area contributed by atoms with Crippen LogP contribution < -0.4 is 10.1 Å². The summed E-state index contributed by atoms with van der Waals surface area (Å²) < 4.78 is 19.9. The van der Waals surface area contributed by atoms with E-state index in [1.807, 2.05) is 30.3 Å². The second kappa shape index (κ2) is 9.84. The first-order chi connectivity index (χ1) is 14.8. The molecular formula is C22H21FN2O6. The maximum atomic E-state index is 14.4. The lowest BCUT2D eigenvalue weighted by molar-refractivity contribution is -0.152. The van der Waals surface area contributed by atoms with Crippen LogP contribution in [0.4, 0.5) is 4.39 Å². The van der Waals surface area contributed by atoms with Crippen molar-refractivity contribution in [2.45, 2.75) is 19.6 Å². The van der Waals surface area contributed by atoms with Crippen LogP contribution in [0.1, 0.15) is 17.5 Å². The molecule has 0 aromatic heterocycles. The number of piperidine rings is 1. The number of nitrogens with one attached hydrogen (secondary N) is 1. The summed E-state index contributed by atoms with van der Waals surface area (Å²) in [6, 6.07) is 13.6. The van der Waals surface area contributed by atoms with Crippen LogP contribution in [0.5, 0.6) is 5.75 Å². The number of halogens is 1. The molecule has 162 valence electrons. The Morgan fingerprint density at radius 2 is 1.87 bits per heavy atom. The van der Waals surface area contributed by atoms with Gasteiger partial charge >= 0.3 is 5.97 Å². The minimum Gasteiger partial charge on any atom is -0.486 e. The van der Waals surface area contributed by atoms with Crippen LogP contribution in [0.15, 0.2) is 48.5 Å². The fraction of sp³-hybridized carbons (Fsp3) is 0.273. The summed E-state index contributed by atoms with van der Waals surface area (Å²) in [6.07, 6.45) is -0.0440. The fourth-order valence-corrected chi connectivity index (χ4v) is 3.22. The van der Waals surface area contributed by atoms with Crippen molar-refractivity contribution in [1.82, 2.24) is 10.2 Å². The van der Waals surface area contributed by atoms with Crippen LogP contribution >= 0.6 is 0 Å². The number of likely N-dealkylation sites (tertiary alicyclic amines) is 1. The van der Waals surface area contributed by atoms with E-state index in [1.54, 1.807) is 6.07 Å². The highest BCUT2D eigenvalue weighted by molar-refractivity contribution is 6.19. The maximum absolute atomic E-state index is 14.4. The second-order valence-corrected chi connectivity index (χ2v) is 7.06. The third-order valence-corrected chi connectivity index (χ3v) is 4.79. The summed E-state index contributed by atoms with van der Waals surface area (Å²) in [7, 11) is 0. The molecule has 1 aliphatic rings. The van der Waals surface area contributed by atoms with Crippen molar-refractivity contribution in [2.75, 3.05) is 13.1 Å². The third kappa shape index (κ3) is 5.65. The van der Waals surface area contributed by atoms with Crippen LogP contribution in [-0.2, 0) is 32.3 Å². The SMILES string of the molecule is O=C(O)CNC(=O)C1C(=O)CCN(Cc2ccc(OCc3ccccc3)c(F)c2)C1=O. The zero-order valence-electron chi connectivity index (χ0n) is 16.5. The Morgan fingerprint density at radius 1 is 1.13 bits per heavy atom. The highest BCUT2D eigenvalue weighted by atomic mass is 19.1. The molecule has 1 unspecified atom stereocenters. The molecule has 3 rings (SSSR count). The van der Waals surface area contributed by atoms with Crippen molar-refractivity contribution < 1.29 is 33.4 Å². The monoisotopic (exact) mass is 428 g/mol. The van der Waals surface area contributed by atoms with Crippen molar-refractivity contribution in [3.63, 3.8) is 0 Å². The number of hydrogen-bond acceptors (Lipinski definition) is 5. The van der Waals surface area contributed by atoms with E-state index < -0.39 is 41.8 Å². The molecule has 0 radical (unpaired) electrons. The van der Waals surface area contributed by atoms with Gasteiger partial charge in [-0.25, -0.2) is 4.39 Å². The fourth-order valence-electron chi connectivity index (χ4n) is 3.22. The summed E-state index contributed by atoms with van der Waals surface area (Å²) in [4.78, 5) is 48.6. The van der Waals surface area contributed by atoms with E-state index in [2.05, 4.69) is 5.32 Å². The highest BCUT2D eigenvalue weighted by Crippen LogP contribution is 2.23. The summed E-state index contributed by atoms with van der Waals surface area (Å²) in [5, 5.41) is 10.7. The number of rotatable bonds is 8. The minimum absolute atomic E-state index is 0.00467. The van der Waals surface area contributed by atoms with Gasteiger partial charge in [0.2, 0.25) is 11.8 Å². The molecule has 2 amide bonds. The number of benzene rings is 2. The van der Waals surface area contributed by atoms with E-state index in [9.17, 15) is 23.6 Å². The quantitative estimate of drug-likeness (QED) is 0.617. The number of nitrogens with zero attached hydrogens (tertiary/aromatic N) is 1. The summed E-state index contributed by atoms with van der Waals surface area (Å²) in [5.74, 6) is -5.65. The van der Waals surface area contributed by atoms with Crippen molar-refractivity contribution in [2.24, 2.45) is 5.92 Å². The van der Waals surface area contributed by atoms with E-state index in [1.165, 1.54) is 17.0 Å². The van der Waals surface area contributed by atoms with Crippen LogP contribution in [0.25, 0.3) is 0 Å². The molecule has 1 aliphatic heterocycles. The molecule has 8 nitrogen and oxygen atoms in total. The molecule has 0 saturated carbocycles. The average Bonchev–Trinajstić information content (AvgIpc) is 2.74. The van der Waals surface area contributed by atoms with Gasteiger partial charge in [-0.15, -0.1) is 0 Å². The number of amides is 2. The molecule has 0 aliphatic carbocycles. The number of ketones is 1. The van der Waals surface area contributed by atoms with Gasteiger partial charge in [0.25, 0.3) is 0 Å². The number of aliphatic carboxylic acids is 1. The van der Waals surface area contributed by atoms with Gasteiger partial charge in [-0.2, -0.15) is 0 Å². The Bertz CT molecular complexity index is 995. The van der Waals surface area contributed by atoms with Crippen LogP contribution in [0, 0.1) is 11.7 Å². The number of hydrogen-bond donors (Lipinski definition) is 2. The van der Waals surface area contributed by atoms with Crippen LogP contribution in [0.2, 0.25) is 0 Å².